The summed E-state index contributed by atoms with van der Waals surface area (Å²) in [4.78, 5) is 23.0. The number of hydrogen-bond acceptors (Lipinski definition) is 2. The molecule has 0 saturated heterocycles. The fourth-order valence-corrected chi connectivity index (χ4v) is 2.70. The van der Waals surface area contributed by atoms with Crippen molar-refractivity contribution in [2.75, 3.05) is 6.54 Å². The van der Waals surface area contributed by atoms with Crippen LogP contribution in [0.5, 0.6) is 0 Å². The van der Waals surface area contributed by atoms with Gasteiger partial charge in [0.15, 0.2) is 0 Å². The molecular weight excluding hydrogens is 292 g/mol. The van der Waals surface area contributed by atoms with Crippen LogP contribution in [0, 0.1) is 19.8 Å². The number of rotatable bonds is 6. The van der Waals surface area contributed by atoms with E-state index in [9.17, 15) is 9.59 Å². The predicted octanol–water partition coefficient (Wildman–Crippen LogP) is 2.93. The number of carboxylic acids is 1. The fraction of sp³-hybridized carbons (Fsp3) is 0.333. The van der Waals surface area contributed by atoms with Crippen molar-refractivity contribution in [3.8, 4) is 5.69 Å². The zero-order valence-corrected chi connectivity index (χ0v) is 13.7. The zero-order chi connectivity index (χ0) is 17.0. The van der Waals surface area contributed by atoms with Crippen LogP contribution in [0.15, 0.2) is 36.4 Å². The third kappa shape index (κ3) is 4.00. The molecule has 1 heterocycles. The number of aryl methyl sites for hydroxylation is 1. The first-order chi connectivity index (χ1) is 10.9. The number of amides is 1. The zero-order valence-electron chi connectivity index (χ0n) is 13.7. The maximum absolute atomic E-state index is 12.4. The summed E-state index contributed by atoms with van der Waals surface area (Å²) in [6.45, 7) is 6.03. The Balaban J connectivity index is 2.15. The van der Waals surface area contributed by atoms with Crippen LogP contribution in [0.2, 0.25) is 0 Å². The second kappa shape index (κ2) is 7.13. The summed E-state index contributed by atoms with van der Waals surface area (Å²) < 4.78 is 2.04. The second-order valence-corrected chi connectivity index (χ2v) is 5.87. The Morgan fingerprint density at radius 2 is 1.87 bits per heavy atom. The summed E-state index contributed by atoms with van der Waals surface area (Å²) in [7, 11) is 0. The number of aliphatic carboxylic acids is 1. The lowest BCUT2D eigenvalue weighted by Gasteiger charge is -2.11. The van der Waals surface area contributed by atoms with E-state index in [1.807, 2.05) is 61.7 Å². The van der Waals surface area contributed by atoms with Crippen LogP contribution in [0.4, 0.5) is 0 Å². The quantitative estimate of drug-likeness (QED) is 0.861. The first-order valence-corrected chi connectivity index (χ1v) is 7.64. The van der Waals surface area contributed by atoms with E-state index in [4.69, 9.17) is 5.11 Å². The van der Waals surface area contributed by atoms with E-state index in [2.05, 4.69) is 5.32 Å². The van der Waals surface area contributed by atoms with Crippen molar-refractivity contribution in [3.63, 3.8) is 0 Å². The van der Waals surface area contributed by atoms with Gasteiger partial charge in [0.1, 0.15) is 0 Å². The molecule has 5 heteroatoms. The van der Waals surface area contributed by atoms with Gasteiger partial charge in [0, 0.05) is 30.0 Å². The van der Waals surface area contributed by atoms with Gasteiger partial charge in [-0.2, -0.15) is 0 Å². The minimum atomic E-state index is -0.853. The van der Waals surface area contributed by atoms with Gasteiger partial charge in [0.05, 0.1) is 5.56 Å². The monoisotopic (exact) mass is 314 g/mol. The molecule has 1 aromatic carbocycles. The maximum Gasteiger partial charge on any atom is 0.303 e. The summed E-state index contributed by atoms with van der Waals surface area (Å²) in [5, 5.41) is 11.6. The van der Waals surface area contributed by atoms with Crippen molar-refractivity contribution in [1.29, 1.82) is 0 Å². The van der Waals surface area contributed by atoms with E-state index in [1.54, 1.807) is 0 Å². The third-order valence-electron chi connectivity index (χ3n) is 3.82. The number of benzene rings is 1. The lowest BCUT2D eigenvalue weighted by molar-refractivity contribution is -0.137. The highest BCUT2D eigenvalue weighted by molar-refractivity contribution is 5.96. The highest BCUT2D eigenvalue weighted by atomic mass is 16.4. The van der Waals surface area contributed by atoms with Gasteiger partial charge in [-0.3, -0.25) is 9.59 Å². The number of nitrogens with zero attached hydrogens (tertiary/aromatic N) is 1. The Hall–Kier alpha value is -2.56. The standard InChI is InChI=1S/C18H22N2O3/c1-12(9-17(21)22)11-19-18(23)16-10-13(2)20(14(16)3)15-7-5-4-6-8-15/h4-8,10,12H,9,11H2,1-3H3,(H,19,23)(H,21,22). The molecule has 0 radical (unpaired) electrons. The molecule has 2 N–H and O–H groups in total. The molecule has 1 atom stereocenters. The first-order valence-electron chi connectivity index (χ1n) is 7.64. The van der Waals surface area contributed by atoms with Crippen LogP contribution in [0.25, 0.3) is 5.69 Å². The number of aromatic nitrogens is 1. The number of nitrogens with one attached hydrogen (secondary N) is 1. The van der Waals surface area contributed by atoms with Crippen LogP contribution in [-0.2, 0) is 4.79 Å². The molecule has 0 aliphatic carbocycles. The van der Waals surface area contributed by atoms with Crippen molar-refractivity contribution in [3.05, 3.63) is 53.3 Å². The highest BCUT2D eigenvalue weighted by Gasteiger charge is 2.17. The third-order valence-corrected chi connectivity index (χ3v) is 3.82. The normalized spacial score (nSPS) is 12.0. The summed E-state index contributed by atoms with van der Waals surface area (Å²) in [5.74, 6) is -1.12. The summed E-state index contributed by atoms with van der Waals surface area (Å²) in [5.41, 5.74) is 3.49. The molecule has 0 bridgehead atoms. The molecule has 2 rings (SSSR count). The summed E-state index contributed by atoms with van der Waals surface area (Å²) in [6.07, 6.45) is 0.0450. The number of para-hydroxylation sites is 1. The van der Waals surface area contributed by atoms with Gasteiger partial charge < -0.3 is 15.0 Å². The average molecular weight is 314 g/mol. The Morgan fingerprint density at radius 3 is 2.48 bits per heavy atom. The number of carbonyl (C=O) groups is 2. The summed E-state index contributed by atoms with van der Waals surface area (Å²) in [6, 6.07) is 11.7. The van der Waals surface area contributed by atoms with E-state index in [0.717, 1.165) is 17.1 Å². The molecule has 0 spiro atoms. The van der Waals surface area contributed by atoms with Gasteiger partial charge in [0.25, 0.3) is 5.91 Å². The molecule has 23 heavy (non-hydrogen) atoms. The molecule has 2 aromatic rings. The Bertz CT molecular complexity index is 705. The van der Waals surface area contributed by atoms with Gasteiger partial charge >= 0.3 is 5.97 Å². The van der Waals surface area contributed by atoms with Gasteiger partial charge in [-0.25, -0.2) is 0 Å². The van der Waals surface area contributed by atoms with Crippen LogP contribution < -0.4 is 5.32 Å². The predicted molar refractivity (Wildman–Crippen MR) is 89.0 cm³/mol. The Morgan fingerprint density at radius 1 is 1.22 bits per heavy atom. The topological polar surface area (TPSA) is 71.3 Å². The van der Waals surface area contributed by atoms with Crippen molar-refractivity contribution in [2.45, 2.75) is 27.2 Å². The largest absolute Gasteiger partial charge is 0.481 e. The molecule has 1 aromatic heterocycles. The lowest BCUT2D eigenvalue weighted by atomic mass is 10.1. The minimum Gasteiger partial charge on any atom is -0.481 e. The SMILES string of the molecule is Cc1cc(C(=O)NCC(C)CC(=O)O)c(C)n1-c1ccccc1. The minimum absolute atomic E-state index is 0.0450. The van der Waals surface area contributed by atoms with Gasteiger partial charge in [-0.05, 0) is 38.0 Å². The van der Waals surface area contributed by atoms with Crippen molar-refractivity contribution in [1.82, 2.24) is 9.88 Å². The van der Waals surface area contributed by atoms with Crippen LogP contribution in [0.1, 0.15) is 35.1 Å². The van der Waals surface area contributed by atoms with Crippen LogP contribution in [-0.4, -0.2) is 28.1 Å². The number of carboxylic acid groups (broad SMARTS) is 1. The van der Waals surface area contributed by atoms with Crippen molar-refractivity contribution in [2.24, 2.45) is 5.92 Å². The molecule has 5 nitrogen and oxygen atoms in total. The van der Waals surface area contributed by atoms with E-state index in [0.29, 0.717) is 12.1 Å². The van der Waals surface area contributed by atoms with Crippen LogP contribution >= 0.6 is 0 Å². The van der Waals surface area contributed by atoms with E-state index in [1.165, 1.54) is 0 Å². The van der Waals surface area contributed by atoms with E-state index in [-0.39, 0.29) is 18.2 Å². The number of hydrogen-bond donors (Lipinski definition) is 2. The average Bonchev–Trinajstić information content (AvgIpc) is 2.80. The molecule has 0 aliphatic rings. The van der Waals surface area contributed by atoms with Gasteiger partial charge in [-0.1, -0.05) is 25.1 Å². The molecule has 0 fully saturated rings. The Kier molecular flexibility index (Phi) is 5.21. The lowest BCUT2D eigenvalue weighted by Crippen LogP contribution is -2.29. The van der Waals surface area contributed by atoms with Crippen molar-refractivity contribution < 1.29 is 14.7 Å². The summed E-state index contributed by atoms with van der Waals surface area (Å²) >= 11 is 0. The molecule has 0 saturated carbocycles. The van der Waals surface area contributed by atoms with Gasteiger partial charge in [0.2, 0.25) is 0 Å². The molecule has 122 valence electrons. The molecule has 0 aliphatic heterocycles. The van der Waals surface area contributed by atoms with Gasteiger partial charge in [-0.15, -0.1) is 0 Å². The molecule has 1 amide bonds. The van der Waals surface area contributed by atoms with E-state index < -0.39 is 5.97 Å². The molecule has 1 unspecified atom stereocenters. The van der Waals surface area contributed by atoms with E-state index >= 15 is 0 Å². The van der Waals surface area contributed by atoms with Crippen LogP contribution in [0.3, 0.4) is 0 Å². The second-order valence-electron chi connectivity index (χ2n) is 5.87. The highest BCUT2D eigenvalue weighted by Crippen LogP contribution is 2.20. The molecular formula is C18H22N2O3. The maximum atomic E-state index is 12.4. The fourth-order valence-electron chi connectivity index (χ4n) is 2.70. The Labute approximate surface area is 135 Å². The first kappa shape index (κ1) is 16.8. The number of carbonyl (C=O) groups excluding carboxylic acids is 1. The van der Waals surface area contributed by atoms with Crippen molar-refractivity contribution >= 4 is 11.9 Å². The smallest absolute Gasteiger partial charge is 0.303 e.